The molecule has 1 atom stereocenters. The van der Waals surface area contributed by atoms with Gasteiger partial charge in [-0.2, -0.15) is 18.3 Å². The minimum absolute atomic E-state index is 0.0391. The SMILES string of the molecule is CN(/N=C\C(=C(\Cl)C=O)N1CCc2c(c(=O)n(C)n2Cc2ccccc2C(F)(F)F)C1)PI. The van der Waals surface area contributed by atoms with Crippen molar-refractivity contribution in [2.24, 2.45) is 12.1 Å². The highest BCUT2D eigenvalue weighted by atomic mass is 127. The van der Waals surface area contributed by atoms with Gasteiger partial charge in [0.25, 0.3) is 5.56 Å². The summed E-state index contributed by atoms with van der Waals surface area (Å²) in [6, 6.07) is 5.35. The van der Waals surface area contributed by atoms with Crippen molar-refractivity contribution >= 4 is 52.5 Å². The fourth-order valence-corrected chi connectivity index (χ4v) is 4.38. The monoisotopic (exact) mass is 613 g/mol. The number of alkyl halides is 3. The van der Waals surface area contributed by atoms with E-state index >= 15 is 0 Å². The Labute approximate surface area is 208 Å². The van der Waals surface area contributed by atoms with Gasteiger partial charge in [-0.3, -0.25) is 23.7 Å². The molecule has 0 saturated heterocycles. The number of fused-ring (bicyclic) bond motifs is 1. The molecule has 1 aliphatic heterocycles. The van der Waals surface area contributed by atoms with Crippen molar-refractivity contribution in [3.8, 4) is 0 Å². The molecule has 0 radical (unpaired) electrons. The molecule has 0 aliphatic carbocycles. The van der Waals surface area contributed by atoms with Gasteiger partial charge in [-0.05, 0) is 33.7 Å². The summed E-state index contributed by atoms with van der Waals surface area (Å²) in [7, 11) is 3.31. The van der Waals surface area contributed by atoms with E-state index in [2.05, 4.69) is 27.1 Å². The highest BCUT2D eigenvalue weighted by Gasteiger charge is 2.34. The van der Waals surface area contributed by atoms with Gasteiger partial charge in [-0.1, -0.05) is 29.8 Å². The second-order valence-electron chi connectivity index (χ2n) is 7.34. The third-order valence-corrected chi connectivity index (χ3v) is 8.09. The van der Waals surface area contributed by atoms with Gasteiger partial charge >= 0.3 is 6.18 Å². The van der Waals surface area contributed by atoms with E-state index in [0.717, 1.165) is 6.07 Å². The Bertz CT molecular complexity index is 1160. The van der Waals surface area contributed by atoms with Crippen LogP contribution in [0.2, 0.25) is 0 Å². The molecule has 0 saturated carbocycles. The van der Waals surface area contributed by atoms with Crippen LogP contribution < -0.4 is 5.56 Å². The van der Waals surface area contributed by atoms with Crippen LogP contribution in [0.25, 0.3) is 0 Å². The lowest BCUT2D eigenvalue weighted by Gasteiger charge is -2.30. The molecule has 33 heavy (non-hydrogen) atoms. The average molecular weight is 614 g/mol. The van der Waals surface area contributed by atoms with E-state index in [1.807, 2.05) is 0 Å². The molecule has 0 fully saturated rings. The zero-order valence-corrected chi connectivity index (χ0v) is 21.6. The minimum Gasteiger partial charge on any atom is -0.364 e. The molecule has 1 aliphatic rings. The van der Waals surface area contributed by atoms with Crippen LogP contribution in [-0.4, -0.2) is 45.1 Å². The molecular weight excluding hydrogens is 593 g/mol. The number of benzene rings is 1. The molecule has 7 nitrogen and oxygen atoms in total. The van der Waals surface area contributed by atoms with Gasteiger partial charge in [-0.25, -0.2) is 0 Å². The molecule has 13 heteroatoms. The molecule has 3 rings (SSSR count). The fourth-order valence-electron chi connectivity index (χ4n) is 3.74. The molecule has 0 bridgehead atoms. The second-order valence-corrected chi connectivity index (χ2v) is 10.0. The predicted octanol–water partition coefficient (Wildman–Crippen LogP) is 4.12. The number of aldehydes is 1. The van der Waals surface area contributed by atoms with E-state index in [9.17, 15) is 22.8 Å². The lowest BCUT2D eigenvalue weighted by atomic mass is 10.1. The van der Waals surface area contributed by atoms with Crippen LogP contribution in [0.5, 0.6) is 0 Å². The summed E-state index contributed by atoms with van der Waals surface area (Å²) >= 11 is 8.29. The van der Waals surface area contributed by atoms with Crippen molar-refractivity contribution in [3.63, 3.8) is 0 Å². The maximum Gasteiger partial charge on any atom is 0.416 e. The number of hydrogen-bond acceptors (Lipinski definition) is 5. The van der Waals surface area contributed by atoms with Gasteiger partial charge in [0.15, 0.2) is 6.29 Å². The van der Waals surface area contributed by atoms with Gasteiger partial charge in [0.1, 0.15) is 5.03 Å². The lowest BCUT2D eigenvalue weighted by molar-refractivity contribution is -0.138. The summed E-state index contributed by atoms with van der Waals surface area (Å²) in [6.45, 7) is 0.494. The summed E-state index contributed by atoms with van der Waals surface area (Å²) in [4.78, 5) is 26.1. The van der Waals surface area contributed by atoms with Gasteiger partial charge in [-0.15, -0.1) is 0 Å². The first kappa shape index (κ1) is 25.8. The highest BCUT2D eigenvalue weighted by Crippen LogP contribution is 2.33. The number of aromatic nitrogens is 2. The third kappa shape index (κ3) is 5.63. The van der Waals surface area contributed by atoms with Crippen molar-refractivity contribution in [3.05, 3.63) is 67.7 Å². The normalized spacial score (nSPS) is 15.3. The van der Waals surface area contributed by atoms with Gasteiger partial charge in [0, 0.05) is 32.8 Å². The number of nitrogens with zero attached hydrogens (tertiary/aromatic N) is 5. The molecule has 1 aromatic heterocycles. The first-order chi connectivity index (χ1) is 15.6. The topological polar surface area (TPSA) is 62.8 Å². The number of hydrogen-bond donors (Lipinski definition) is 0. The van der Waals surface area contributed by atoms with Crippen molar-refractivity contribution in [2.75, 3.05) is 13.6 Å². The number of halogens is 5. The number of carbonyl (C=O) groups is 1. The summed E-state index contributed by atoms with van der Waals surface area (Å²) in [5.74, 6) is 0. The second kappa shape index (κ2) is 10.6. The van der Waals surface area contributed by atoms with Crippen LogP contribution in [0, 0.1) is 0 Å². The van der Waals surface area contributed by atoms with Crippen molar-refractivity contribution < 1.29 is 18.0 Å². The molecular formula is C20H21ClF3IN5O2P. The molecule has 1 unspecified atom stereocenters. The fraction of sp³-hybridized carbons (Fsp3) is 0.350. The first-order valence-corrected chi connectivity index (χ1v) is 14.2. The van der Waals surface area contributed by atoms with E-state index < -0.39 is 11.7 Å². The maximum absolute atomic E-state index is 13.5. The smallest absolute Gasteiger partial charge is 0.364 e. The summed E-state index contributed by atoms with van der Waals surface area (Å²) in [5, 5.41) is 4.21. The van der Waals surface area contributed by atoms with Gasteiger partial charge in [0.05, 0.1) is 42.5 Å². The van der Waals surface area contributed by atoms with Gasteiger partial charge < -0.3 is 4.90 Å². The Morgan fingerprint density at radius 2 is 2.06 bits per heavy atom. The van der Waals surface area contributed by atoms with Crippen LogP contribution in [-0.2, 0) is 37.5 Å². The van der Waals surface area contributed by atoms with E-state index in [-0.39, 0.29) is 29.2 Å². The first-order valence-electron chi connectivity index (χ1n) is 9.75. The zero-order chi connectivity index (χ0) is 24.3. The van der Waals surface area contributed by atoms with Crippen molar-refractivity contribution in [1.29, 1.82) is 0 Å². The molecule has 178 valence electrons. The predicted molar refractivity (Wildman–Crippen MR) is 132 cm³/mol. The Morgan fingerprint density at radius 1 is 1.36 bits per heavy atom. The summed E-state index contributed by atoms with van der Waals surface area (Å²) in [5.41, 5.74) is 0.565. The van der Waals surface area contributed by atoms with E-state index in [0.29, 0.717) is 42.6 Å². The molecule has 0 amide bonds. The highest BCUT2D eigenvalue weighted by molar-refractivity contribution is 14.2. The molecule has 2 heterocycles. The minimum atomic E-state index is -4.49. The van der Waals surface area contributed by atoms with Crippen LogP contribution in [0.15, 0.2) is 44.9 Å². The van der Waals surface area contributed by atoms with E-state index in [1.54, 1.807) is 27.5 Å². The zero-order valence-electron chi connectivity index (χ0n) is 17.7. The van der Waals surface area contributed by atoms with Crippen LogP contribution in [0.1, 0.15) is 22.4 Å². The Hall–Kier alpha value is -1.85. The number of hydrazone groups is 1. The lowest BCUT2D eigenvalue weighted by Crippen LogP contribution is -2.33. The molecule has 1 aromatic carbocycles. The van der Waals surface area contributed by atoms with Gasteiger partial charge in [0.2, 0.25) is 0 Å². The Morgan fingerprint density at radius 3 is 2.70 bits per heavy atom. The van der Waals surface area contributed by atoms with Crippen LogP contribution in [0.4, 0.5) is 13.2 Å². The molecule has 0 N–H and O–H groups in total. The van der Waals surface area contributed by atoms with Crippen molar-refractivity contribution in [1.82, 2.24) is 19.0 Å². The average Bonchev–Trinajstić information content (AvgIpc) is 3.03. The number of allylic oxidation sites excluding steroid dienone is 2. The van der Waals surface area contributed by atoms with Crippen LogP contribution >= 0.6 is 40.0 Å². The number of carbonyl (C=O) groups excluding carboxylic acids is 1. The summed E-state index contributed by atoms with van der Waals surface area (Å²) < 4.78 is 45.0. The quantitative estimate of drug-likeness (QED) is 0.118. The molecule has 0 spiro atoms. The largest absolute Gasteiger partial charge is 0.416 e. The van der Waals surface area contributed by atoms with Crippen LogP contribution in [0.3, 0.4) is 0 Å². The maximum atomic E-state index is 13.5. The molecule has 2 aromatic rings. The Kier molecular flexibility index (Phi) is 8.28. The summed E-state index contributed by atoms with van der Waals surface area (Å²) in [6.07, 6.45) is -1.72. The van der Waals surface area contributed by atoms with E-state index in [1.165, 1.54) is 30.1 Å². The van der Waals surface area contributed by atoms with E-state index in [4.69, 9.17) is 11.6 Å². The Balaban J connectivity index is 1.97. The number of rotatable bonds is 7. The standard InChI is InChI=1S/C20H21ClF3IN5O2P/c1-27-19(32)14-11-29(18(16(21)12-31)9-26-28(2)33-25)8-7-17(14)30(27)10-13-5-3-4-6-15(13)20(22,23)24/h3-6,9,12,33H,7-8,10-11H2,1-2H3/b18-16-,26-9-. The van der Waals surface area contributed by atoms with Crippen molar-refractivity contribution in [2.45, 2.75) is 25.7 Å². The third-order valence-electron chi connectivity index (χ3n) is 5.35.